The lowest BCUT2D eigenvalue weighted by atomic mass is 10.1. The summed E-state index contributed by atoms with van der Waals surface area (Å²) in [6.45, 7) is 5.81. The molecule has 0 bridgehead atoms. The van der Waals surface area contributed by atoms with Gasteiger partial charge in [-0.2, -0.15) is 0 Å². The number of sulfonamides is 1. The lowest BCUT2D eigenvalue weighted by molar-refractivity contribution is -0.387. The van der Waals surface area contributed by atoms with Gasteiger partial charge in [-0.3, -0.25) is 14.9 Å². The predicted molar refractivity (Wildman–Crippen MR) is 124 cm³/mol. The van der Waals surface area contributed by atoms with E-state index in [1.54, 1.807) is 37.4 Å². The topological polar surface area (TPSA) is 148 Å². The van der Waals surface area contributed by atoms with Crippen molar-refractivity contribution in [1.29, 1.82) is 0 Å². The summed E-state index contributed by atoms with van der Waals surface area (Å²) in [6, 6.07) is 4.32. The van der Waals surface area contributed by atoms with Crippen LogP contribution in [0.2, 0.25) is 0 Å². The van der Waals surface area contributed by atoms with E-state index in [4.69, 9.17) is 4.74 Å². The van der Waals surface area contributed by atoms with E-state index in [-0.39, 0.29) is 12.5 Å². The Morgan fingerprint density at radius 1 is 1.27 bits per heavy atom. The van der Waals surface area contributed by atoms with E-state index in [9.17, 15) is 28.1 Å². The standard InChI is InChI=1S/C20H30N4O7S2/c1-20(2,3)31-19(26)22-15(18(25)23-12-13-32-14-23)8-6-7-11-21-33(29,30)17-10-5-4-9-16(17)24(27)28/h4-5,9-10,15,21H,6-8,11-14H2,1-3H3,(H,22,26)/t15-/m0/s1. The summed E-state index contributed by atoms with van der Waals surface area (Å²) >= 11 is 1.63. The third kappa shape index (κ3) is 8.48. The average Bonchev–Trinajstić information content (AvgIpc) is 3.25. The number of hydrogen-bond acceptors (Lipinski definition) is 8. The third-order valence-corrected chi connectivity index (χ3v) is 7.09. The summed E-state index contributed by atoms with van der Waals surface area (Å²) in [5.41, 5.74) is -1.21. The number of nitro benzene ring substituents is 1. The van der Waals surface area contributed by atoms with Crippen LogP contribution in [0.4, 0.5) is 10.5 Å². The number of amides is 2. The maximum atomic E-state index is 12.8. The lowest BCUT2D eigenvalue weighted by Gasteiger charge is -2.26. The van der Waals surface area contributed by atoms with E-state index in [0.29, 0.717) is 31.7 Å². The highest BCUT2D eigenvalue weighted by atomic mass is 32.2. The summed E-state index contributed by atoms with van der Waals surface area (Å²) < 4.78 is 32.5. The van der Waals surface area contributed by atoms with Gasteiger partial charge in [-0.1, -0.05) is 12.1 Å². The Morgan fingerprint density at radius 3 is 2.58 bits per heavy atom. The van der Waals surface area contributed by atoms with Crippen molar-refractivity contribution in [2.45, 2.75) is 56.6 Å². The molecule has 1 fully saturated rings. The van der Waals surface area contributed by atoms with E-state index in [0.717, 1.165) is 11.8 Å². The fraction of sp³-hybridized carbons (Fsp3) is 0.600. The Kier molecular flexibility index (Phi) is 9.49. The van der Waals surface area contributed by atoms with Crippen LogP contribution in [-0.4, -0.2) is 66.6 Å². The van der Waals surface area contributed by atoms with Crippen molar-refractivity contribution in [3.8, 4) is 0 Å². The monoisotopic (exact) mass is 502 g/mol. The zero-order chi connectivity index (χ0) is 24.6. The van der Waals surface area contributed by atoms with Crippen LogP contribution < -0.4 is 10.0 Å². The molecule has 0 aliphatic carbocycles. The minimum Gasteiger partial charge on any atom is -0.444 e. The maximum absolute atomic E-state index is 12.8. The highest BCUT2D eigenvalue weighted by Gasteiger charge is 2.29. The Bertz CT molecular complexity index is 957. The summed E-state index contributed by atoms with van der Waals surface area (Å²) in [6.07, 6.45) is 0.415. The summed E-state index contributed by atoms with van der Waals surface area (Å²) in [5, 5.41) is 13.7. The van der Waals surface area contributed by atoms with Gasteiger partial charge in [-0.05, 0) is 46.1 Å². The van der Waals surface area contributed by atoms with Crippen molar-refractivity contribution < 1.29 is 27.7 Å². The number of hydrogen-bond donors (Lipinski definition) is 2. The Hall–Kier alpha value is -2.38. The first-order valence-electron chi connectivity index (χ1n) is 10.5. The molecule has 184 valence electrons. The van der Waals surface area contributed by atoms with Crippen LogP contribution >= 0.6 is 11.8 Å². The van der Waals surface area contributed by atoms with Gasteiger partial charge in [0.15, 0.2) is 4.90 Å². The van der Waals surface area contributed by atoms with Crippen molar-refractivity contribution in [2.75, 3.05) is 24.7 Å². The molecule has 1 aromatic carbocycles. The van der Waals surface area contributed by atoms with Crippen LogP contribution in [-0.2, 0) is 19.6 Å². The second kappa shape index (κ2) is 11.7. The van der Waals surface area contributed by atoms with E-state index in [1.165, 1.54) is 18.2 Å². The van der Waals surface area contributed by atoms with Crippen LogP contribution in [0, 0.1) is 10.1 Å². The molecule has 2 rings (SSSR count). The van der Waals surface area contributed by atoms with Crippen molar-refractivity contribution in [1.82, 2.24) is 14.9 Å². The molecule has 2 N–H and O–H groups in total. The van der Waals surface area contributed by atoms with Crippen LogP contribution in [0.1, 0.15) is 40.0 Å². The first-order valence-corrected chi connectivity index (χ1v) is 13.1. The minimum atomic E-state index is -4.06. The largest absolute Gasteiger partial charge is 0.444 e. The van der Waals surface area contributed by atoms with Crippen molar-refractivity contribution in [3.63, 3.8) is 0 Å². The molecule has 1 saturated heterocycles. The molecular formula is C20H30N4O7S2. The number of unbranched alkanes of at least 4 members (excludes halogenated alkanes) is 1. The molecule has 0 unspecified atom stereocenters. The van der Waals surface area contributed by atoms with Gasteiger partial charge in [-0.15, -0.1) is 11.8 Å². The van der Waals surface area contributed by atoms with Crippen LogP contribution in [0.25, 0.3) is 0 Å². The highest BCUT2D eigenvalue weighted by Crippen LogP contribution is 2.22. The quantitative estimate of drug-likeness (QED) is 0.282. The Labute approximate surface area is 197 Å². The van der Waals surface area contributed by atoms with Gasteiger partial charge in [0.05, 0.1) is 10.8 Å². The number of benzene rings is 1. The molecule has 1 aromatic rings. The summed E-state index contributed by atoms with van der Waals surface area (Å²) in [4.78, 5) is 36.6. The smallest absolute Gasteiger partial charge is 0.408 e. The summed E-state index contributed by atoms with van der Waals surface area (Å²) in [5.74, 6) is 1.19. The highest BCUT2D eigenvalue weighted by molar-refractivity contribution is 7.99. The predicted octanol–water partition coefficient (Wildman–Crippen LogP) is 2.47. The number of alkyl carbamates (subject to hydrolysis) is 1. The number of carbonyl (C=O) groups is 2. The average molecular weight is 503 g/mol. The van der Waals surface area contributed by atoms with Crippen molar-refractivity contribution in [3.05, 3.63) is 34.4 Å². The van der Waals surface area contributed by atoms with Gasteiger partial charge in [0, 0.05) is 24.9 Å². The number of carbonyl (C=O) groups excluding carboxylic acids is 2. The Balaban J connectivity index is 1.92. The minimum absolute atomic E-state index is 0.0291. The van der Waals surface area contributed by atoms with Crippen LogP contribution in [0.5, 0.6) is 0 Å². The molecule has 11 nitrogen and oxygen atoms in total. The second-order valence-electron chi connectivity index (χ2n) is 8.46. The SMILES string of the molecule is CC(C)(C)OC(=O)N[C@@H](CCCCNS(=O)(=O)c1ccccc1[N+](=O)[O-])C(=O)N1CCSC1. The second-order valence-corrected chi connectivity index (χ2v) is 11.3. The van der Waals surface area contributed by atoms with Gasteiger partial charge in [0.2, 0.25) is 15.9 Å². The zero-order valence-corrected chi connectivity index (χ0v) is 20.5. The molecule has 1 heterocycles. The van der Waals surface area contributed by atoms with Crippen molar-refractivity contribution >= 4 is 39.5 Å². The molecule has 0 aromatic heterocycles. The van der Waals surface area contributed by atoms with Gasteiger partial charge < -0.3 is 15.0 Å². The molecule has 1 aliphatic rings. The van der Waals surface area contributed by atoms with E-state index in [2.05, 4.69) is 10.0 Å². The molecule has 33 heavy (non-hydrogen) atoms. The van der Waals surface area contributed by atoms with E-state index >= 15 is 0 Å². The summed E-state index contributed by atoms with van der Waals surface area (Å²) in [7, 11) is -4.06. The normalized spacial score (nSPS) is 15.2. The van der Waals surface area contributed by atoms with Gasteiger partial charge >= 0.3 is 6.09 Å². The molecular weight excluding hydrogens is 472 g/mol. The first-order chi connectivity index (χ1) is 15.4. The van der Waals surface area contributed by atoms with E-state index in [1.807, 2.05) is 0 Å². The van der Waals surface area contributed by atoms with Crippen molar-refractivity contribution in [2.24, 2.45) is 0 Å². The fourth-order valence-corrected chi connectivity index (χ4v) is 5.31. The fourth-order valence-electron chi connectivity index (χ4n) is 3.11. The number of nitrogens with zero attached hydrogens (tertiary/aromatic N) is 2. The zero-order valence-electron chi connectivity index (χ0n) is 18.9. The molecule has 1 aliphatic heterocycles. The van der Waals surface area contributed by atoms with Crippen LogP contribution in [0.3, 0.4) is 0 Å². The van der Waals surface area contributed by atoms with Gasteiger partial charge in [0.25, 0.3) is 5.69 Å². The number of thioether (sulfide) groups is 1. The number of nitrogens with one attached hydrogen (secondary N) is 2. The third-order valence-electron chi connectivity index (χ3n) is 4.62. The van der Waals surface area contributed by atoms with Gasteiger partial charge in [-0.25, -0.2) is 17.9 Å². The molecule has 1 atom stereocenters. The molecule has 0 spiro atoms. The number of rotatable bonds is 10. The Morgan fingerprint density at radius 2 is 1.97 bits per heavy atom. The number of nitro groups is 1. The lowest BCUT2D eigenvalue weighted by Crippen LogP contribution is -2.49. The first kappa shape index (κ1) is 26.9. The molecule has 0 saturated carbocycles. The van der Waals surface area contributed by atoms with E-state index < -0.39 is 43.3 Å². The van der Waals surface area contributed by atoms with Crippen LogP contribution in [0.15, 0.2) is 29.2 Å². The van der Waals surface area contributed by atoms with Gasteiger partial charge in [0.1, 0.15) is 11.6 Å². The number of para-hydroxylation sites is 1. The molecule has 2 amide bonds. The maximum Gasteiger partial charge on any atom is 0.408 e. The molecule has 0 radical (unpaired) electrons. The molecule has 13 heteroatoms. The number of ether oxygens (including phenoxy) is 1.